The van der Waals surface area contributed by atoms with Gasteiger partial charge in [-0.1, -0.05) is 23.2 Å². The molecule has 0 spiro atoms. The smallest absolute Gasteiger partial charge is 0.263 e. The van der Waals surface area contributed by atoms with Crippen molar-refractivity contribution < 1.29 is 8.42 Å². The number of aromatic nitrogens is 1. The van der Waals surface area contributed by atoms with Gasteiger partial charge >= 0.3 is 0 Å². The number of nitrogen functional groups attached to an aromatic ring is 1. The Morgan fingerprint density at radius 2 is 1.81 bits per heavy atom. The third kappa shape index (κ3) is 3.40. The number of benzene rings is 1. The first-order valence-electron chi connectivity index (χ1n) is 5.91. The molecule has 1 aromatic carbocycles. The summed E-state index contributed by atoms with van der Waals surface area (Å²) in [7, 11) is -3.86. The Hall–Kier alpha value is -1.50. The number of sulfonamides is 1. The zero-order chi connectivity index (χ0) is 15.8. The highest BCUT2D eigenvalue weighted by Crippen LogP contribution is 2.28. The van der Waals surface area contributed by atoms with E-state index in [0.717, 1.165) is 0 Å². The third-order valence-corrected chi connectivity index (χ3v) is 5.12. The predicted molar refractivity (Wildman–Crippen MR) is 85.4 cm³/mol. The number of halogens is 2. The Morgan fingerprint density at radius 1 is 1.14 bits per heavy atom. The summed E-state index contributed by atoms with van der Waals surface area (Å²) in [5.74, 6) is 0. The van der Waals surface area contributed by atoms with Crippen LogP contribution in [-0.2, 0) is 10.0 Å². The normalized spacial score (nSPS) is 11.4. The fourth-order valence-electron chi connectivity index (χ4n) is 1.70. The lowest BCUT2D eigenvalue weighted by atomic mass is 10.2. The van der Waals surface area contributed by atoms with Gasteiger partial charge in [-0.3, -0.25) is 4.72 Å². The fourth-order valence-corrected chi connectivity index (χ4v) is 3.45. The zero-order valence-electron chi connectivity index (χ0n) is 11.3. The predicted octanol–water partition coefficient (Wildman–Crippen LogP) is 3.39. The molecule has 3 N–H and O–H groups in total. The highest BCUT2D eigenvalue weighted by atomic mass is 35.5. The lowest BCUT2D eigenvalue weighted by Crippen LogP contribution is -2.14. The quantitative estimate of drug-likeness (QED) is 0.659. The average molecular weight is 346 g/mol. The Labute approximate surface area is 133 Å². The van der Waals surface area contributed by atoms with E-state index in [4.69, 9.17) is 28.9 Å². The van der Waals surface area contributed by atoms with Gasteiger partial charge in [-0.25, -0.2) is 13.4 Å². The molecule has 0 saturated heterocycles. The Balaban J connectivity index is 2.43. The molecule has 0 aliphatic rings. The number of aryl methyl sites for hydroxylation is 2. The van der Waals surface area contributed by atoms with E-state index in [9.17, 15) is 8.42 Å². The van der Waals surface area contributed by atoms with Crippen molar-refractivity contribution in [2.24, 2.45) is 0 Å². The van der Waals surface area contributed by atoms with Crippen molar-refractivity contribution in [1.82, 2.24) is 4.98 Å². The van der Waals surface area contributed by atoms with Crippen LogP contribution in [0.3, 0.4) is 0 Å². The van der Waals surface area contributed by atoms with Gasteiger partial charge in [0.1, 0.15) is 10.0 Å². The largest absolute Gasteiger partial charge is 0.398 e. The van der Waals surface area contributed by atoms with Crippen molar-refractivity contribution in [3.63, 3.8) is 0 Å². The first kappa shape index (κ1) is 15.9. The van der Waals surface area contributed by atoms with Crippen LogP contribution < -0.4 is 10.5 Å². The van der Waals surface area contributed by atoms with Gasteiger partial charge in [-0.2, -0.15) is 0 Å². The third-order valence-electron chi connectivity index (χ3n) is 2.88. The monoisotopic (exact) mass is 345 g/mol. The molecule has 112 valence electrons. The van der Waals surface area contributed by atoms with Crippen molar-refractivity contribution >= 4 is 44.6 Å². The van der Waals surface area contributed by atoms with Crippen LogP contribution in [0.15, 0.2) is 29.3 Å². The van der Waals surface area contributed by atoms with Crippen LogP contribution in [0.25, 0.3) is 0 Å². The van der Waals surface area contributed by atoms with Crippen molar-refractivity contribution in [3.8, 4) is 0 Å². The van der Waals surface area contributed by atoms with Crippen LogP contribution in [0, 0.1) is 13.8 Å². The summed E-state index contributed by atoms with van der Waals surface area (Å²) >= 11 is 11.8. The highest BCUT2D eigenvalue weighted by molar-refractivity contribution is 7.92. The number of hydrogen-bond acceptors (Lipinski definition) is 4. The summed E-state index contributed by atoms with van der Waals surface area (Å²) < 4.78 is 27.1. The lowest BCUT2D eigenvalue weighted by molar-refractivity contribution is 0.601. The molecule has 2 rings (SSSR count). The Kier molecular flexibility index (Phi) is 4.32. The van der Waals surface area contributed by atoms with Gasteiger partial charge in [-0.05, 0) is 43.2 Å². The molecule has 0 aliphatic carbocycles. The molecule has 0 saturated carbocycles. The number of rotatable bonds is 3. The second-order valence-corrected chi connectivity index (χ2v) is 6.99. The van der Waals surface area contributed by atoms with Crippen molar-refractivity contribution in [1.29, 1.82) is 0 Å². The molecule has 1 heterocycles. The fraction of sp³-hybridized carbons (Fsp3) is 0.154. The maximum atomic E-state index is 12.4. The van der Waals surface area contributed by atoms with E-state index < -0.39 is 10.0 Å². The molecule has 1 aromatic heterocycles. The van der Waals surface area contributed by atoms with Crippen LogP contribution in [-0.4, -0.2) is 13.4 Å². The molecular formula is C13H13Cl2N3O2S. The van der Waals surface area contributed by atoms with Crippen LogP contribution in [0.2, 0.25) is 10.2 Å². The first-order valence-corrected chi connectivity index (χ1v) is 8.15. The van der Waals surface area contributed by atoms with Gasteiger partial charge in [0.05, 0.1) is 16.9 Å². The van der Waals surface area contributed by atoms with Gasteiger partial charge in [0.15, 0.2) is 0 Å². The van der Waals surface area contributed by atoms with E-state index in [1.807, 2.05) is 0 Å². The molecule has 0 aliphatic heterocycles. The molecular weight excluding hydrogens is 333 g/mol. The Morgan fingerprint density at radius 3 is 2.43 bits per heavy atom. The molecule has 0 atom stereocenters. The topological polar surface area (TPSA) is 85.1 Å². The summed E-state index contributed by atoms with van der Waals surface area (Å²) in [6.45, 7) is 3.47. The van der Waals surface area contributed by atoms with E-state index in [1.54, 1.807) is 19.9 Å². The van der Waals surface area contributed by atoms with Crippen LogP contribution in [0.1, 0.15) is 11.1 Å². The second-order valence-electron chi connectivity index (χ2n) is 4.58. The molecule has 0 radical (unpaired) electrons. The lowest BCUT2D eigenvalue weighted by Gasteiger charge is -2.12. The minimum atomic E-state index is -3.86. The SMILES string of the molecule is Cc1cc(Cl)c(S(=O)(=O)Nc2cnc(Cl)c(C)c2)cc1N. The number of nitrogens with one attached hydrogen (secondary N) is 1. The van der Waals surface area contributed by atoms with Crippen LogP contribution in [0.4, 0.5) is 11.4 Å². The molecule has 0 unspecified atom stereocenters. The number of nitrogens with two attached hydrogens (primary N) is 1. The average Bonchev–Trinajstić information content (AvgIpc) is 2.37. The van der Waals surface area contributed by atoms with Crippen LogP contribution >= 0.6 is 23.2 Å². The van der Waals surface area contributed by atoms with Gasteiger partial charge in [0.2, 0.25) is 0 Å². The number of pyridine rings is 1. The van der Waals surface area contributed by atoms with Gasteiger partial charge in [-0.15, -0.1) is 0 Å². The minimum absolute atomic E-state index is 0.0835. The van der Waals surface area contributed by atoms with E-state index in [-0.39, 0.29) is 9.92 Å². The van der Waals surface area contributed by atoms with E-state index in [0.29, 0.717) is 27.7 Å². The number of hydrogen-bond donors (Lipinski definition) is 2. The summed E-state index contributed by atoms with van der Waals surface area (Å²) in [6, 6.07) is 4.42. The molecule has 0 bridgehead atoms. The second kappa shape index (κ2) is 5.71. The maximum absolute atomic E-state index is 12.4. The summed E-state index contributed by atoms with van der Waals surface area (Å²) in [5.41, 5.74) is 7.76. The summed E-state index contributed by atoms with van der Waals surface area (Å²) in [6.07, 6.45) is 1.33. The highest BCUT2D eigenvalue weighted by Gasteiger charge is 2.20. The number of nitrogens with zero attached hydrogens (tertiary/aromatic N) is 1. The minimum Gasteiger partial charge on any atom is -0.398 e. The van der Waals surface area contributed by atoms with Gasteiger partial charge < -0.3 is 5.73 Å². The summed E-state index contributed by atoms with van der Waals surface area (Å²) in [4.78, 5) is 3.81. The first-order chi connectivity index (χ1) is 9.70. The van der Waals surface area contributed by atoms with E-state index in [1.165, 1.54) is 18.3 Å². The van der Waals surface area contributed by atoms with Crippen molar-refractivity contribution in [2.45, 2.75) is 18.7 Å². The van der Waals surface area contributed by atoms with E-state index >= 15 is 0 Å². The zero-order valence-corrected chi connectivity index (χ0v) is 13.6. The molecule has 0 amide bonds. The van der Waals surface area contributed by atoms with E-state index in [2.05, 4.69) is 9.71 Å². The van der Waals surface area contributed by atoms with Gasteiger partial charge in [0.25, 0.3) is 10.0 Å². The summed E-state index contributed by atoms with van der Waals surface area (Å²) in [5, 5.41) is 0.420. The maximum Gasteiger partial charge on any atom is 0.263 e. The molecule has 21 heavy (non-hydrogen) atoms. The molecule has 2 aromatic rings. The molecule has 5 nitrogen and oxygen atoms in total. The Bertz CT molecular complexity index is 807. The van der Waals surface area contributed by atoms with Gasteiger partial charge in [0, 0.05) is 5.69 Å². The number of anilines is 2. The van der Waals surface area contributed by atoms with Crippen molar-refractivity contribution in [3.05, 3.63) is 45.7 Å². The molecule has 0 fully saturated rings. The standard InChI is InChI=1S/C13H13Cl2N3O2S/c1-7-4-10(14)12(5-11(7)16)21(19,20)18-9-3-8(2)13(15)17-6-9/h3-6,18H,16H2,1-2H3. The molecule has 8 heteroatoms. The van der Waals surface area contributed by atoms with Crippen LogP contribution in [0.5, 0.6) is 0 Å². The van der Waals surface area contributed by atoms with Crippen molar-refractivity contribution in [2.75, 3.05) is 10.5 Å².